The Bertz CT molecular complexity index is 286. The zero-order valence-electron chi connectivity index (χ0n) is 10.7. The maximum Gasteiger partial charge on any atom is 0.317 e. The molecule has 2 aliphatic rings. The molecule has 2 saturated carbocycles. The Morgan fingerprint density at radius 3 is 1.28 bits per heavy atom. The van der Waals surface area contributed by atoms with Gasteiger partial charge in [-0.3, -0.25) is 0 Å². The third-order valence-corrected chi connectivity index (χ3v) is 3.68. The van der Waals surface area contributed by atoms with E-state index in [2.05, 4.69) is 26.7 Å². The summed E-state index contributed by atoms with van der Waals surface area (Å²) in [4.78, 5) is 0. The van der Waals surface area contributed by atoms with Crippen LogP contribution in [0.3, 0.4) is 0 Å². The fourth-order valence-corrected chi connectivity index (χ4v) is 2.87. The lowest BCUT2D eigenvalue weighted by atomic mass is 9.91. The van der Waals surface area contributed by atoms with Crippen LogP contribution in [0, 0.1) is 0 Å². The quantitative estimate of drug-likeness (QED) is 0.785. The van der Waals surface area contributed by atoms with Gasteiger partial charge >= 0.3 is 8.26 Å². The van der Waals surface area contributed by atoms with Crippen molar-refractivity contribution < 1.29 is 8.42 Å². The van der Waals surface area contributed by atoms with Gasteiger partial charge in [-0.1, -0.05) is 38.5 Å². The Kier molecular flexibility index (Phi) is 7.92. The van der Waals surface area contributed by atoms with Crippen LogP contribution in [0.25, 0.3) is 0 Å². The van der Waals surface area contributed by atoms with Gasteiger partial charge in [0.25, 0.3) is 0 Å². The Morgan fingerprint density at radius 1 is 0.722 bits per heavy atom. The first kappa shape index (κ1) is 16.5. The summed E-state index contributed by atoms with van der Waals surface area (Å²) in [5.74, 6) is 0. The molecule has 1 N–H and O–H groups in total. The average molecular weight is 316 g/mol. The fraction of sp³-hybridized carbons (Fsp3) is 1.00. The second kappa shape index (κ2) is 8.62. The monoisotopic (exact) mass is 315 g/mol. The molecule has 0 amide bonds. The van der Waals surface area contributed by atoms with Crippen molar-refractivity contribution >= 4 is 29.6 Å². The Morgan fingerprint density at radius 2 is 1.00 bits per heavy atom. The largest absolute Gasteiger partial charge is 0.317 e. The van der Waals surface area contributed by atoms with Crippen molar-refractivity contribution in [1.82, 2.24) is 5.32 Å². The van der Waals surface area contributed by atoms with E-state index in [0.29, 0.717) is 0 Å². The van der Waals surface area contributed by atoms with Gasteiger partial charge in [-0.25, -0.2) is 0 Å². The molecule has 18 heavy (non-hydrogen) atoms. The summed E-state index contributed by atoms with van der Waals surface area (Å²) in [6, 6.07) is 1.74. The molecular weight excluding hydrogens is 293 g/mol. The summed E-state index contributed by atoms with van der Waals surface area (Å²) >= 11 is 0. The minimum Gasteiger partial charge on any atom is -0.311 e. The Labute approximate surface area is 120 Å². The smallest absolute Gasteiger partial charge is 0.311 e. The predicted octanol–water partition coefficient (Wildman–Crippen LogP) is 3.95. The third kappa shape index (κ3) is 9.42. The SMILES string of the molecule is C1CCC(NC2CCCCC2)CC1.O=S(=O)(Cl)Cl. The lowest BCUT2D eigenvalue weighted by molar-refractivity contribution is 0.291. The molecule has 108 valence electrons. The van der Waals surface area contributed by atoms with Crippen molar-refractivity contribution in [2.45, 2.75) is 76.3 Å². The van der Waals surface area contributed by atoms with E-state index in [4.69, 9.17) is 8.42 Å². The maximum absolute atomic E-state index is 9.16. The highest BCUT2D eigenvalue weighted by molar-refractivity contribution is 8.31. The highest BCUT2D eigenvalue weighted by atomic mass is 36.0. The van der Waals surface area contributed by atoms with Crippen LogP contribution in [0.5, 0.6) is 0 Å². The van der Waals surface area contributed by atoms with E-state index in [1.807, 2.05) is 0 Å². The molecule has 0 aromatic heterocycles. The van der Waals surface area contributed by atoms with Crippen molar-refractivity contribution in [3.63, 3.8) is 0 Å². The van der Waals surface area contributed by atoms with Gasteiger partial charge in [-0.2, -0.15) is 8.42 Å². The van der Waals surface area contributed by atoms with Gasteiger partial charge in [-0.05, 0) is 25.7 Å². The highest BCUT2D eigenvalue weighted by Crippen LogP contribution is 2.22. The van der Waals surface area contributed by atoms with E-state index in [9.17, 15) is 0 Å². The summed E-state index contributed by atoms with van der Waals surface area (Å²) in [5, 5.41) is 3.86. The van der Waals surface area contributed by atoms with Crippen LogP contribution in [0.4, 0.5) is 0 Å². The van der Waals surface area contributed by atoms with Gasteiger partial charge in [0.1, 0.15) is 0 Å². The van der Waals surface area contributed by atoms with Gasteiger partial charge in [0.15, 0.2) is 0 Å². The van der Waals surface area contributed by atoms with Crippen molar-refractivity contribution in [3.8, 4) is 0 Å². The number of rotatable bonds is 2. The van der Waals surface area contributed by atoms with Crippen LogP contribution in [0.1, 0.15) is 64.2 Å². The van der Waals surface area contributed by atoms with Crippen LogP contribution in [0.15, 0.2) is 0 Å². The minimum atomic E-state index is -3.72. The molecule has 0 atom stereocenters. The van der Waals surface area contributed by atoms with E-state index in [-0.39, 0.29) is 0 Å². The second-order valence-corrected chi connectivity index (χ2v) is 8.88. The molecule has 2 aliphatic carbocycles. The fourth-order valence-electron chi connectivity index (χ4n) is 2.87. The van der Waals surface area contributed by atoms with Gasteiger partial charge in [0, 0.05) is 33.4 Å². The zero-order chi connectivity index (χ0) is 13.4. The zero-order valence-corrected chi connectivity index (χ0v) is 13.0. The van der Waals surface area contributed by atoms with Crippen LogP contribution in [0.2, 0.25) is 0 Å². The molecule has 3 nitrogen and oxygen atoms in total. The molecule has 0 bridgehead atoms. The molecule has 0 aliphatic heterocycles. The van der Waals surface area contributed by atoms with E-state index in [1.165, 1.54) is 64.2 Å². The highest BCUT2D eigenvalue weighted by Gasteiger charge is 2.19. The summed E-state index contributed by atoms with van der Waals surface area (Å²) in [5.41, 5.74) is 0. The molecular formula is C12H23Cl2NO2S. The molecule has 0 unspecified atom stereocenters. The standard InChI is InChI=1S/C12H23N.Cl2O2S/c1-3-7-11(8-4-1)13-12-9-5-2-6-10-12;1-5(2,3)4/h11-13H,1-10H2;. The van der Waals surface area contributed by atoms with E-state index < -0.39 is 8.26 Å². The van der Waals surface area contributed by atoms with Crippen molar-refractivity contribution in [3.05, 3.63) is 0 Å². The van der Waals surface area contributed by atoms with Crippen molar-refractivity contribution in [1.29, 1.82) is 0 Å². The maximum atomic E-state index is 9.16. The molecule has 2 fully saturated rings. The Balaban J connectivity index is 0.000000280. The number of hydrogen-bond acceptors (Lipinski definition) is 3. The number of nitrogens with one attached hydrogen (secondary N) is 1. The Hall–Kier alpha value is 0.490. The lowest BCUT2D eigenvalue weighted by Gasteiger charge is -2.30. The summed E-state index contributed by atoms with van der Waals surface area (Å²) < 4.78 is 18.3. The van der Waals surface area contributed by atoms with E-state index in [1.54, 1.807) is 0 Å². The molecule has 0 aromatic carbocycles. The van der Waals surface area contributed by atoms with Gasteiger partial charge in [0.05, 0.1) is 0 Å². The first-order valence-electron chi connectivity index (χ1n) is 6.85. The van der Waals surface area contributed by atoms with E-state index in [0.717, 1.165) is 12.1 Å². The first-order valence-corrected chi connectivity index (χ1v) is 9.99. The molecule has 0 saturated heterocycles. The summed E-state index contributed by atoms with van der Waals surface area (Å²) in [6.07, 6.45) is 14.6. The second-order valence-electron chi connectivity index (χ2n) is 5.21. The van der Waals surface area contributed by atoms with Crippen LogP contribution in [-0.4, -0.2) is 20.5 Å². The summed E-state index contributed by atoms with van der Waals surface area (Å²) in [7, 11) is 4.81. The molecule has 0 aromatic rings. The van der Waals surface area contributed by atoms with Crippen LogP contribution in [-0.2, 0) is 8.26 Å². The predicted molar refractivity (Wildman–Crippen MR) is 77.5 cm³/mol. The third-order valence-electron chi connectivity index (χ3n) is 3.68. The summed E-state index contributed by atoms with van der Waals surface area (Å²) in [6.45, 7) is 0. The van der Waals surface area contributed by atoms with Gasteiger partial charge < -0.3 is 5.32 Å². The molecule has 2 rings (SSSR count). The van der Waals surface area contributed by atoms with Crippen LogP contribution >= 0.6 is 21.4 Å². The van der Waals surface area contributed by atoms with Gasteiger partial charge in [-0.15, -0.1) is 0 Å². The topological polar surface area (TPSA) is 46.2 Å². The van der Waals surface area contributed by atoms with Crippen molar-refractivity contribution in [2.75, 3.05) is 0 Å². The van der Waals surface area contributed by atoms with Crippen LogP contribution < -0.4 is 5.32 Å². The normalized spacial score (nSPS) is 23.2. The number of hydrogen-bond donors (Lipinski definition) is 1. The molecule has 6 heteroatoms. The molecule has 0 heterocycles. The molecule has 0 spiro atoms. The minimum absolute atomic E-state index is 0.872. The van der Waals surface area contributed by atoms with Gasteiger partial charge in [0.2, 0.25) is 0 Å². The first-order chi connectivity index (χ1) is 8.45. The lowest BCUT2D eigenvalue weighted by Crippen LogP contribution is -2.40. The van der Waals surface area contributed by atoms with Crippen molar-refractivity contribution in [2.24, 2.45) is 0 Å². The molecule has 0 radical (unpaired) electrons. The number of halogens is 2. The van der Waals surface area contributed by atoms with E-state index >= 15 is 0 Å². The average Bonchev–Trinajstić information content (AvgIpc) is 2.29.